The van der Waals surface area contributed by atoms with E-state index in [9.17, 15) is 4.79 Å². The van der Waals surface area contributed by atoms with Crippen LogP contribution in [0, 0.1) is 0 Å². The summed E-state index contributed by atoms with van der Waals surface area (Å²) in [6.07, 6.45) is 1.45. The van der Waals surface area contributed by atoms with E-state index in [1.54, 1.807) is 0 Å². The number of fused-ring (bicyclic) bond motifs is 1. The minimum Gasteiger partial charge on any atom is -0.440 e. The first-order chi connectivity index (χ1) is 11.2. The van der Waals surface area contributed by atoms with Gasteiger partial charge in [0.15, 0.2) is 5.58 Å². The minimum atomic E-state index is 0.0146. The van der Waals surface area contributed by atoms with Gasteiger partial charge in [-0.25, -0.2) is 4.98 Å². The van der Waals surface area contributed by atoms with E-state index in [1.807, 2.05) is 41.3 Å². The minimum absolute atomic E-state index is 0.0146. The molecule has 1 atom stereocenters. The standard InChI is InChI=1S/C19H18N2O2/c1-2-13-7-9-15(10-8-13)21-12-14(11-18(21)22)19-20-16-5-3-4-6-17(16)23-19/h3-10,14H,2,11-12H2,1H3. The zero-order valence-electron chi connectivity index (χ0n) is 13.0. The summed E-state index contributed by atoms with van der Waals surface area (Å²) >= 11 is 0. The van der Waals surface area contributed by atoms with Crippen LogP contribution < -0.4 is 4.90 Å². The van der Waals surface area contributed by atoms with Crippen LogP contribution in [0.5, 0.6) is 0 Å². The molecule has 0 radical (unpaired) electrons. The second-order valence-electron chi connectivity index (χ2n) is 5.95. The number of oxazole rings is 1. The molecule has 2 heterocycles. The number of anilines is 1. The van der Waals surface area contributed by atoms with Crippen molar-refractivity contribution in [3.63, 3.8) is 0 Å². The maximum Gasteiger partial charge on any atom is 0.227 e. The monoisotopic (exact) mass is 306 g/mol. The fourth-order valence-electron chi connectivity index (χ4n) is 3.10. The number of hydrogen-bond donors (Lipinski definition) is 0. The highest BCUT2D eigenvalue weighted by Crippen LogP contribution is 2.33. The zero-order valence-corrected chi connectivity index (χ0v) is 13.0. The largest absolute Gasteiger partial charge is 0.440 e. The highest BCUT2D eigenvalue weighted by atomic mass is 16.3. The summed E-state index contributed by atoms with van der Waals surface area (Å²) in [5.41, 5.74) is 3.85. The number of amides is 1. The summed E-state index contributed by atoms with van der Waals surface area (Å²) in [4.78, 5) is 18.8. The van der Waals surface area contributed by atoms with Gasteiger partial charge in [0, 0.05) is 18.7 Å². The highest BCUT2D eigenvalue weighted by molar-refractivity contribution is 5.96. The van der Waals surface area contributed by atoms with Crippen molar-refractivity contribution >= 4 is 22.7 Å². The molecule has 2 aromatic carbocycles. The average Bonchev–Trinajstić information content (AvgIpc) is 3.18. The fraction of sp³-hybridized carbons (Fsp3) is 0.263. The van der Waals surface area contributed by atoms with Crippen molar-refractivity contribution in [1.29, 1.82) is 0 Å². The van der Waals surface area contributed by atoms with Crippen LogP contribution in [0.1, 0.15) is 30.7 Å². The molecule has 1 aliphatic rings. The molecule has 1 aromatic heterocycles. The van der Waals surface area contributed by atoms with E-state index in [2.05, 4.69) is 24.0 Å². The summed E-state index contributed by atoms with van der Waals surface area (Å²) in [6, 6.07) is 15.9. The molecule has 4 heteroatoms. The second-order valence-corrected chi connectivity index (χ2v) is 5.95. The lowest BCUT2D eigenvalue weighted by Gasteiger charge is -2.16. The Labute approximate surface area is 134 Å². The predicted molar refractivity (Wildman–Crippen MR) is 89.5 cm³/mol. The predicted octanol–water partition coefficient (Wildman–Crippen LogP) is 3.91. The first-order valence-corrected chi connectivity index (χ1v) is 7.99. The lowest BCUT2D eigenvalue weighted by Crippen LogP contribution is -2.24. The third kappa shape index (κ3) is 2.50. The van der Waals surface area contributed by atoms with Crippen molar-refractivity contribution in [2.75, 3.05) is 11.4 Å². The molecule has 3 aromatic rings. The maximum absolute atomic E-state index is 12.4. The van der Waals surface area contributed by atoms with Gasteiger partial charge in [-0.2, -0.15) is 0 Å². The Kier molecular flexibility index (Phi) is 3.37. The molecule has 4 rings (SSSR count). The molecule has 0 spiro atoms. The summed E-state index contributed by atoms with van der Waals surface area (Å²) in [5.74, 6) is 0.800. The van der Waals surface area contributed by atoms with E-state index in [0.717, 1.165) is 23.2 Å². The van der Waals surface area contributed by atoms with Crippen molar-refractivity contribution < 1.29 is 9.21 Å². The smallest absolute Gasteiger partial charge is 0.227 e. The number of aryl methyl sites for hydroxylation is 1. The van der Waals surface area contributed by atoms with E-state index in [0.29, 0.717) is 18.9 Å². The first-order valence-electron chi connectivity index (χ1n) is 7.99. The van der Waals surface area contributed by atoms with Crippen LogP contribution in [-0.4, -0.2) is 17.4 Å². The molecule has 1 aliphatic heterocycles. The summed E-state index contributed by atoms with van der Waals surface area (Å²) in [5, 5.41) is 0. The number of aromatic nitrogens is 1. The average molecular weight is 306 g/mol. The molecule has 1 unspecified atom stereocenters. The van der Waals surface area contributed by atoms with Gasteiger partial charge in [0.05, 0.1) is 5.92 Å². The van der Waals surface area contributed by atoms with Gasteiger partial charge in [0.25, 0.3) is 0 Å². The lowest BCUT2D eigenvalue weighted by atomic mass is 10.1. The Morgan fingerprint density at radius 2 is 1.96 bits per heavy atom. The van der Waals surface area contributed by atoms with Crippen molar-refractivity contribution in [1.82, 2.24) is 4.98 Å². The Bertz CT molecular complexity index is 818. The molecular weight excluding hydrogens is 288 g/mol. The van der Waals surface area contributed by atoms with Crippen LogP contribution in [0.4, 0.5) is 5.69 Å². The molecule has 23 heavy (non-hydrogen) atoms. The molecular formula is C19H18N2O2. The van der Waals surface area contributed by atoms with Gasteiger partial charge < -0.3 is 9.32 Å². The SMILES string of the molecule is CCc1ccc(N2CC(c3nc4ccccc4o3)CC2=O)cc1. The van der Waals surface area contributed by atoms with Gasteiger partial charge >= 0.3 is 0 Å². The van der Waals surface area contributed by atoms with Crippen LogP contribution in [-0.2, 0) is 11.2 Å². The van der Waals surface area contributed by atoms with Gasteiger partial charge in [-0.15, -0.1) is 0 Å². The molecule has 1 amide bonds. The van der Waals surface area contributed by atoms with E-state index < -0.39 is 0 Å². The quantitative estimate of drug-likeness (QED) is 0.737. The van der Waals surface area contributed by atoms with Gasteiger partial charge in [-0.1, -0.05) is 31.2 Å². The molecule has 0 N–H and O–H groups in total. The number of hydrogen-bond acceptors (Lipinski definition) is 3. The zero-order chi connectivity index (χ0) is 15.8. The number of para-hydroxylation sites is 2. The van der Waals surface area contributed by atoms with Crippen LogP contribution in [0.2, 0.25) is 0 Å². The third-order valence-corrected chi connectivity index (χ3v) is 4.44. The number of nitrogens with zero attached hydrogens (tertiary/aromatic N) is 2. The number of carbonyl (C=O) groups is 1. The molecule has 116 valence electrons. The molecule has 1 saturated heterocycles. The van der Waals surface area contributed by atoms with Crippen molar-refractivity contribution in [3.8, 4) is 0 Å². The molecule has 0 bridgehead atoms. The molecule has 4 nitrogen and oxygen atoms in total. The normalized spacial score (nSPS) is 18.0. The Morgan fingerprint density at radius 1 is 1.17 bits per heavy atom. The van der Waals surface area contributed by atoms with Crippen LogP contribution in [0.25, 0.3) is 11.1 Å². The van der Waals surface area contributed by atoms with Gasteiger partial charge in [0.2, 0.25) is 11.8 Å². The molecule has 1 fully saturated rings. The summed E-state index contributed by atoms with van der Waals surface area (Å²) in [6.45, 7) is 2.75. The Hall–Kier alpha value is -2.62. The lowest BCUT2D eigenvalue weighted by molar-refractivity contribution is -0.117. The summed E-state index contributed by atoms with van der Waals surface area (Å²) in [7, 11) is 0. The van der Waals surface area contributed by atoms with Crippen molar-refractivity contribution in [2.45, 2.75) is 25.7 Å². The topological polar surface area (TPSA) is 46.3 Å². The van der Waals surface area contributed by atoms with Gasteiger partial charge in [-0.05, 0) is 36.2 Å². The fourth-order valence-corrected chi connectivity index (χ4v) is 3.10. The van der Waals surface area contributed by atoms with Gasteiger partial charge in [0.1, 0.15) is 5.52 Å². The van der Waals surface area contributed by atoms with Gasteiger partial charge in [-0.3, -0.25) is 4.79 Å². The number of carbonyl (C=O) groups excluding carboxylic acids is 1. The van der Waals surface area contributed by atoms with Crippen LogP contribution in [0.15, 0.2) is 52.9 Å². The van der Waals surface area contributed by atoms with Crippen LogP contribution in [0.3, 0.4) is 0 Å². The number of benzene rings is 2. The first kappa shape index (κ1) is 14.0. The number of rotatable bonds is 3. The second kappa shape index (κ2) is 5.54. The highest BCUT2D eigenvalue weighted by Gasteiger charge is 2.34. The summed E-state index contributed by atoms with van der Waals surface area (Å²) < 4.78 is 5.83. The third-order valence-electron chi connectivity index (χ3n) is 4.44. The van der Waals surface area contributed by atoms with E-state index >= 15 is 0 Å². The molecule has 0 aliphatic carbocycles. The Morgan fingerprint density at radius 3 is 2.70 bits per heavy atom. The van der Waals surface area contributed by atoms with E-state index in [-0.39, 0.29) is 11.8 Å². The maximum atomic E-state index is 12.4. The van der Waals surface area contributed by atoms with Crippen molar-refractivity contribution in [2.24, 2.45) is 0 Å². The van der Waals surface area contributed by atoms with E-state index in [4.69, 9.17) is 4.42 Å². The van der Waals surface area contributed by atoms with Crippen molar-refractivity contribution in [3.05, 3.63) is 60.0 Å². The van der Waals surface area contributed by atoms with E-state index in [1.165, 1.54) is 5.56 Å². The van der Waals surface area contributed by atoms with Crippen LogP contribution >= 0.6 is 0 Å². The Balaban J connectivity index is 1.59. The molecule has 0 saturated carbocycles.